The third-order valence-corrected chi connectivity index (χ3v) is 3.00. The fourth-order valence-corrected chi connectivity index (χ4v) is 1.95. The molecule has 0 aromatic carbocycles. The first-order chi connectivity index (χ1) is 8.27. The molecule has 0 aromatic rings. The lowest BCUT2D eigenvalue weighted by atomic mass is 10.1. The first kappa shape index (κ1) is 16.9. The SMILES string of the molecule is CCCCCCCCCCCCCOB([O-])[O-]. The maximum Gasteiger partial charge on any atom is 0.0604 e. The summed E-state index contributed by atoms with van der Waals surface area (Å²) in [6.07, 6.45) is 13.9. The van der Waals surface area contributed by atoms with Gasteiger partial charge in [-0.15, -0.1) is 0 Å². The van der Waals surface area contributed by atoms with E-state index in [1.54, 1.807) is 0 Å². The lowest BCUT2D eigenvalue weighted by Crippen LogP contribution is -2.47. The van der Waals surface area contributed by atoms with Gasteiger partial charge in [0.05, 0.1) is 7.32 Å². The van der Waals surface area contributed by atoms with Crippen LogP contribution in [-0.4, -0.2) is 13.9 Å². The summed E-state index contributed by atoms with van der Waals surface area (Å²) in [4.78, 5) is 0. The van der Waals surface area contributed by atoms with Gasteiger partial charge in [0.25, 0.3) is 0 Å². The lowest BCUT2D eigenvalue weighted by Gasteiger charge is -2.25. The van der Waals surface area contributed by atoms with E-state index in [2.05, 4.69) is 11.6 Å². The van der Waals surface area contributed by atoms with Gasteiger partial charge >= 0.3 is 0 Å². The van der Waals surface area contributed by atoms with Crippen LogP contribution in [0.1, 0.15) is 77.6 Å². The van der Waals surface area contributed by atoms with Crippen molar-refractivity contribution in [1.29, 1.82) is 0 Å². The molecular weight excluding hydrogens is 215 g/mol. The molecule has 102 valence electrons. The Morgan fingerprint density at radius 1 is 0.706 bits per heavy atom. The fourth-order valence-electron chi connectivity index (χ4n) is 1.95. The zero-order valence-corrected chi connectivity index (χ0v) is 11.3. The van der Waals surface area contributed by atoms with E-state index in [9.17, 15) is 10.0 Å². The Labute approximate surface area is 107 Å². The van der Waals surface area contributed by atoms with Gasteiger partial charge in [-0.25, -0.2) is 0 Å². The molecule has 4 heteroatoms. The quantitative estimate of drug-likeness (QED) is 0.366. The van der Waals surface area contributed by atoms with E-state index in [0.717, 1.165) is 12.8 Å². The number of hydrogen-bond acceptors (Lipinski definition) is 3. The summed E-state index contributed by atoms with van der Waals surface area (Å²) in [6.45, 7) is 2.57. The Kier molecular flexibility index (Phi) is 14.0. The van der Waals surface area contributed by atoms with Gasteiger partial charge in [0.2, 0.25) is 0 Å². The third kappa shape index (κ3) is 15.9. The molecule has 0 atom stereocenters. The molecule has 0 N–H and O–H groups in total. The van der Waals surface area contributed by atoms with Crippen molar-refractivity contribution in [3.63, 3.8) is 0 Å². The molecule has 3 nitrogen and oxygen atoms in total. The molecule has 0 aliphatic rings. The third-order valence-electron chi connectivity index (χ3n) is 3.00. The molecule has 0 spiro atoms. The molecule has 0 amide bonds. The van der Waals surface area contributed by atoms with E-state index >= 15 is 0 Å². The fraction of sp³-hybridized carbons (Fsp3) is 1.00. The summed E-state index contributed by atoms with van der Waals surface area (Å²) in [7, 11) is -2.10. The molecule has 0 rings (SSSR count). The molecule has 0 saturated carbocycles. The molecular formula is C13H27BO3-2. The van der Waals surface area contributed by atoms with Crippen molar-refractivity contribution in [2.75, 3.05) is 6.61 Å². The summed E-state index contributed by atoms with van der Waals surface area (Å²) in [5, 5.41) is 20.1. The minimum atomic E-state index is -2.10. The standard InChI is InChI=1S/C13H27BO3/c1-2-3-4-5-6-7-8-9-10-11-12-13-17-14(15)16/h2-13H2,1H3/q-2. The minimum Gasteiger partial charge on any atom is -0.871 e. The first-order valence-corrected chi connectivity index (χ1v) is 7.20. The zero-order chi connectivity index (χ0) is 12.8. The summed E-state index contributed by atoms with van der Waals surface area (Å²) in [5.74, 6) is 0. The van der Waals surface area contributed by atoms with Crippen LogP contribution in [0.3, 0.4) is 0 Å². The summed E-state index contributed by atoms with van der Waals surface area (Å²) < 4.78 is 4.41. The van der Waals surface area contributed by atoms with Gasteiger partial charge in [0, 0.05) is 6.61 Å². The molecule has 0 aromatic heterocycles. The van der Waals surface area contributed by atoms with Crippen LogP contribution in [0.15, 0.2) is 0 Å². The minimum absolute atomic E-state index is 0.328. The summed E-state index contributed by atoms with van der Waals surface area (Å²) >= 11 is 0. The molecule has 0 heterocycles. The topological polar surface area (TPSA) is 55.3 Å². The van der Waals surface area contributed by atoms with Crippen molar-refractivity contribution >= 4 is 7.32 Å². The normalized spacial score (nSPS) is 10.8. The van der Waals surface area contributed by atoms with E-state index < -0.39 is 7.32 Å². The first-order valence-electron chi connectivity index (χ1n) is 7.20. The van der Waals surface area contributed by atoms with Gasteiger partial charge in [0.15, 0.2) is 0 Å². The number of rotatable bonds is 13. The lowest BCUT2D eigenvalue weighted by molar-refractivity contribution is -0.381. The van der Waals surface area contributed by atoms with Gasteiger partial charge in [-0.1, -0.05) is 71.1 Å². The molecule has 0 fully saturated rings. The van der Waals surface area contributed by atoms with Crippen LogP contribution in [0, 0.1) is 0 Å². The largest absolute Gasteiger partial charge is 0.871 e. The molecule has 0 radical (unpaired) electrons. The second-order valence-corrected chi connectivity index (χ2v) is 4.69. The van der Waals surface area contributed by atoms with Crippen LogP contribution < -0.4 is 10.0 Å². The predicted molar refractivity (Wildman–Crippen MR) is 68.2 cm³/mol. The second kappa shape index (κ2) is 14.0. The average molecular weight is 242 g/mol. The molecule has 0 saturated heterocycles. The molecule has 0 bridgehead atoms. The molecule has 0 unspecified atom stereocenters. The second-order valence-electron chi connectivity index (χ2n) is 4.69. The Bertz CT molecular complexity index is 143. The van der Waals surface area contributed by atoms with E-state index in [1.807, 2.05) is 0 Å². The van der Waals surface area contributed by atoms with Gasteiger partial charge in [-0.05, 0) is 6.42 Å². The van der Waals surface area contributed by atoms with Gasteiger partial charge < -0.3 is 14.7 Å². The highest BCUT2D eigenvalue weighted by Crippen LogP contribution is 2.11. The van der Waals surface area contributed by atoms with E-state index in [1.165, 1.54) is 57.8 Å². The van der Waals surface area contributed by atoms with Crippen LogP contribution in [-0.2, 0) is 4.65 Å². The van der Waals surface area contributed by atoms with Crippen LogP contribution >= 0.6 is 0 Å². The van der Waals surface area contributed by atoms with Crippen LogP contribution in [0.5, 0.6) is 0 Å². The van der Waals surface area contributed by atoms with Crippen molar-refractivity contribution in [2.24, 2.45) is 0 Å². The summed E-state index contributed by atoms with van der Waals surface area (Å²) in [5.41, 5.74) is 0. The van der Waals surface area contributed by atoms with Crippen LogP contribution in [0.4, 0.5) is 0 Å². The smallest absolute Gasteiger partial charge is 0.0604 e. The summed E-state index contributed by atoms with van der Waals surface area (Å²) in [6, 6.07) is 0. The Morgan fingerprint density at radius 3 is 1.53 bits per heavy atom. The monoisotopic (exact) mass is 242 g/mol. The van der Waals surface area contributed by atoms with E-state index in [0.29, 0.717) is 6.61 Å². The predicted octanol–water partition coefficient (Wildman–Crippen LogP) is 2.02. The molecule has 0 aliphatic carbocycles. The Balaban J connectivity index is 2.89. The highest BCUT2D eigenvalue weighted by atomic mass is 16.6. The van der Waals surface area contributed by atoms with Gasteiger partial charge in [-0.3, -0.25) is 0 Å². The van der Waals surface area contributed by atoms with Crippen LogP contribution in [0.25, 0.3) is 0 Å². The maximum atomic E-state index is 10.0. The zero-order valence-electron chi connectivity index (χ0n) is 11.3. The highest BCUT2D eigenvalue weighted by molar-refractivity contribution is 6.28. The van der Waals surface area contributed by atoms with E-state index in [-0.39, 0.29) is 0 Å². The van der Waals surface area contributed by atoms with Crippen molar-refractivity contribution < 1.29 is 14.7 Å². The maximum absolute atomic E-state index is 10.0. The Hall–Kier alpha value is -0.0551. The highest BCUT2D eigenvalue weighted by Gasteiger charge is 1.92. The number of unbranched alkanes of at least 4 members (excludes halogenated alkanes) is 10. The van der Waals surface area contributed by atoms with Gasteiger partial charge in [0.1, 0.15) is 0 Å². The van der Waals surface area contributed by atoms with Crippen molar-refractivity contribution in [2.45, 2.75) is 77.6 Å². The van der Waals surface area contributed by atoms with Gasteiger partial charge in [-0.2, -0.15) is 0 Å². The number of hydrogen-bond donors (Lipinski definition) is 0. The van der Waals surface area contributed by atoms with Crippen molar-refractivity contribution in [3.8, 4) is 0 Å². The Morgan fingerprint density at radius 2 is 1.12 bits per heavy atom. The average Bonchev–Trinajstić information content (AvgIpc) is 2.30. The molecule has 0 aliphatic heterocycles. The van der Waals surface area contributed by atoms with Crippen molar-refractivity contribution in [1.82, 2.24) is 0 Å². The van der Waals surface area contributed by atoms with E-state index in [4.69, 9.17) is 0 Å². The van der Waals surface area contributed by atoms with Crippen LogP contribution in [0.2, 0.25) is 0 Å². The molecule has 17 heavy (non-hydrogen) atoms. The van der Waals surface area contributed by atoms with Crippen molar-refractivity contribution in [3.05, 3.63) is 0 Å².